The van der Waals surface area contributed by atoms with Crippen LogP contribution in [0.1, 0.15) is 15.9 Å². The molecule has 0 radical (unpaired) electrons. The first-order valence-corrected chi connectivity index (χ1v) is 7.44. The van der Waals surface area contributed by atoms with Crippen molar-refractivity contribution in [1.29, 1.82) is 0 Å². The average Bonchev–Trinajstić information content (AvgIpc) is 2.90. The van der Waals surface area contributed by atoms with Crippen molar-refractivity contribution in [2.45, 2.75) is 0 Å². The molecule has 0 bridgehead atoms. The van der Waals surface area contributed by atoms with Crippen LogP contribution >= 0.6 is 15.9 Å². The first-order chi connectivity index (χ1) is 10.6. The Bertz CT molecular complexity index is 787. The summed E-state index contributed by atoms with van der Waals surface area (Å²) in [4.78, 5) is 24.1. The van der Waals surface area contributed by atoms with Crippen LogP contribution in [0.15, 0.2) is 77.0 Å². The minimum Gasteiger partial charge on any atom is -0.452 e. The van der Waals surface area contributed by atoms with E-state index in [-0.39, 0.29) is 17.3 Å². The van der Waals surface area contributed by atoms with Crippen LogP contribution < -0.4 is 0 Å². The van der Waals surface area contributed by atoms with Crippen molar-refractivity contribution < 1.29 is 14.3 Å². The summed E-state index contributed by atoms with van der Waals surface area (Å²) in [5, 5.41) is 0. The van der Waals surface area contributed by atoms with Gasteiger partial charge in [-0.15, -0.1) is 0 Å². The van der Waals surface area contributed by atoms with Gasteiger partial charge in [-0.1, -0.05) is 46.3 Å². The highest BCUT2D eigenvalue weighted by molar-refractivity contribution is 9.10. The van der Waals surface area contributed by atoms with E-state index in [1.54, 1.807) is 24.3 Å². The predicted octanol–water partition coefficient (Wildman–Crippen LogP) is 4.16. The van der Waals surface area contributed by atoms with Gasteiger partial charge in [0.1, 0.15) is 5.76 Å². The number of ether oxygens (including phenoxy) is 1. The van der Waals surface area contributed by atoms with Crippen LogP contribution in [0.2, 0.25) is 0 Å². The molecule has 0 fully saturated rings. The van der Waals surface area contributed by atoms with Gasteiger partial charge in [-0.2, -0.15) is 0 Å². The highest BCUT2D eigenvalue weighted by Gasteiger charge is 2.23. The van der Waals surface area contributed by atoms with Gasteiger partial charge in [0.25, 0.3) is 0 Å². The molecule has 0 spiro atoms. The predicted molar refractivity (Wildman–Crippen MR) is 87.1 cm³/mol. The zero-order valence-corrected chi connectivity index (χ0v) is 13.0. The largest absolute Gasteiger partial charge is 0.452 e. The van der Waals surface area contributed by atoms with Gasteiger partial charge in [-0.05, 0) is 24.3 Å². The second kappa shape index (κ2) is 6.12. The minimum atomic E-state index is -0.302. The maximum absolute atomic E-state index is 12.2. The minimum absolute atomic E-state index is 0.0479. The molecule has 2 aromatic rings. The van der Waals surface area contributed by atoms with Crippen LogP contribution in [0.5, 0.6) is 0 Å². The summed E-state index contributed by atoms with van der Waals surface area (Å²) in [6.07, 6.45) is 2.63. The summed E-state index contributed by atoms with van der Waals surface area (Å²) in [6, 6.07) is 16.2. The molecule has 108 valence electrons. The topological polar surface area (TPSA) is 43.4 Å². The van der Waals surface area contributed by atoms with Crippen LogP contribution in [0.3, 0.4) is 0 Å². The molecule has 0 aliphatic carbocycles. The van der Waals surface area contributed by atoms with Crippen LogP contribution in [-0.2, 0) is 9.53 Å². The lowest BCUT2D eigenvalue weighted by Crippen LogP contribution is -2.01. The van der Waals surface area contributed by atoms with Gasteiger partial charge in [0.15, 0.2) is 11.5 Å². The molecule has 3 rings (SSSR count). The number of rotatable bonds is 3. The molecule has 0 atom stereocenters. The fourth-order valence-electron chi connectivity index (χ4n) is 2.05. The maximum Gasteiger partial charge on any atom is 0.224 e. The first kappa shape index (κ1) is 14.5. The third-order valence-electron chi connectivity index (χ3n) is 3.17. The summed E-state index contributed by atoms with van der Waals surface area (Å²) in [5.41, 5.74) is 1.30. The van der Waals surface area contributed by atoms with Gasteiger partial charge in [-0.25, -0.2) is 0 Å². The molecule has 1 aliphatic rings. The summed E-state index contributed by atoms with van der Waals surface area (Å²) in [6.45, 7) is 0. The van der Waals surface area contributed by atoms with Crippen molar-refractivity contribution in [1.82, 2.24) is 0 Å². The molecule has 2 aromatic carbocycles. The Labute approximate surface area is 136 Å². The molecule has 0 N–H and O–H groups in total. The molecule has 0 saturated heterocycles. The molecule has 0 unspecified atom stereocenters. The molecule has 0 amide bonds. The zero-order chi connectivity index (χ0) is 15.5. The Balaban J connectivity index is 1.81. The fourth-order valence-corrected chi connectivity index (χ4v) is 2.31. The fraction of sp³-hybridized carbons (Fsp3) is 0. The zero-order valence-electron chi connectivity index (χ0n) is 11.5. The molecule has 22 heavy (non-hydrogen) atoms. The van der Waals surface area contributed by atoms with E-state index >= 15 is 0 Å². The lowest BCUT2D eigenvalue weighted by molar-refractivity contribution is -0.112. The van der Waals surface area contributed by atoms with Crippen molar-refractivity contribution in [3.05, 3.63) is 88.1 Å². The van der Waals surface area contributed by atoms with Crippen molar-refractivity contribution in [3.8, 4) is 0 Å². The van der Waals surface area contributed by atoms with Crippen molar-refractivity contribution in [2.24, 2.45) is 0 Å². The normalized spacial score (nSPS) is 15.6. The van der Waals surface area contributed by atoms with Gasteiger partial charge in [-0.3, -0.25) is 9.59 Å². The molecule has 4 heteroatoms. The Morgan fingerprint density at radius 2 is 1.68 bits per heavy atom. The number of hydrogen-bond donors (Lipinski definition) is 0. The number of carbonyl (C=O) groups is 2. The van der Waals surface area contributed by atoms with Crippen LogP contribution in [0.4, 0.5) is 0 Å². The highest BCUT2D eigenvalue weighted by Crippen LogP contribution is 2.26. The van der Waals surface area contributed by atoms with Crippen molar-refractivity contribution in [2.75, 3.05) is 0 Å². The number of benzene rings is 2. The Morgan fingerprint density at radius 3 is 2.36 bits per heavy atom. The van der Waals surface area contributed by atoms with Gasteiger partial charge in [0.05, 0.1) is 0 Å². The number of halogens is 1. The van der Waals surface area contributed by atoms with Gasteiger partial charge < -0.3 is 4.74 Å². The van der Waals surface area contributed by atoms with Gasteiger partial charge in [0.2, 0.25) is 5.78 Å². The van der Waals surface area contributed by atoms with E-state index in [9.17, 15) is 9.59 Å². The van der Waals surface area contributed by atoms with Gasteiger partial charge >= 0.3 is 0 Å². The van der Waals surface area contributed by atoms with E-state index < -0.39 is 0 Å². The van der Waals surface area contributed by atoms with E-state index in [0.717, 1.165) is 10.0 Å². The monoisotopic (exact) mass is 354 g/mol. The SMILES string of the molecule is O=C1C=C(c2ccccc2)O/C1=C/C(=O)c1ccc(Br)cc1. The summed E-state index contributed by atoms with van der Waals surface area (Å²) in [7, 11) is 0. The third-order valence-corrected chi connectivity index (χ3v) is 3.70. The highest BCUT2D eigenvalue weighted by atomic mass is 79.9. The number of hydrogen-bond acceptors (Lipinski definition) is 3. The molecule has 0 saturated carbocycles. The van der Waals surface area contributed by atoms with E-state index in [4.69, 9.17) is 4.74 Å². The quantitative estimate of drug-likeness (QED) is 0.614. The standard InChI is InChI=1S/C18H11BrO3/c19-14-8-6-12(7-9-14)15(20)10-18-16(21)11-17(22-18)13-4-2-1-3-5-13/h1-11H/b18-10+. The first-order valence-electron chi connectivity index (χ1n) is 6.64. The Morgan fingerprint density at radius 1 is 1.00 bits per heavy atom. The molecular weight excluding hydrogens is 344 g/mol. The Kier molecular flexibility index (Phi) is 4.02. The second-order valence-electron chi connectivity index (χ2n) is 4.72. The lowest BCUT2D eigenvalue weighted by atomic mass is 10.1. The molecule has 1 aliphatic heterocycles. The molecular formula is C18H11BrO3. The molecule has 1 heterocycles. The van der Waals surface area contributed by atoms with Crippen molar-refractivity contribution in [3.63, 3.8) is 0 Å². The Hall–Kier alpha value is -2.46. The maximum atomic E-state index is 12.2. The smallest absolute Gasteiger partial charge is 0.224 e. The number of carbonyl (C=O) groups excluding carboxylic acids is 2. The van der Waals surface area contributed by atoms with Crippen molar-refractivity contribution >= 4 is 33.3 Å². The van der Waals surface area contributed by atoms with Crippen LogP contribution in [0, 0.1) is 0 Å². The number of allylic oxidation sites excluding steroid dienone is 2. The van der Waals surface area contributed by atoms with E-state index in [1.807, 2.05) is 30.3 Å². The van der Waals surface area contributed by atoms with E-state index in [2.05, 4.69) is 15.9 Å². The van der Waals surface area contributed by atoms with Crippen LogP contribution in [-0.4, -0.2) is 11.6 Å². The summed E-state index contributed by atoms with van der Waals surface area (Å²) >= 11 is 3.31. The molecule has 0 aromatic heterocycles. The van der Waals surface area contributed by atoms with E-state index in [0.29, 0.717) is 11.3 Å². The van der Waals surface area contributed by atoms with E-state index in [1.165, 1.54) is 12.2 Å². The molecule has 3 nitrogen and oxygen atoms in total. The average molecular weight is 355 g/mol. The second-order valence-corrected chi connectivity index (χ2v) is 5.64. The number of ketones is 2. The van der Waals surface area contributed by atoms with Crippen LogP contribution in [0.25, 0.3) is 5.76 Å². The lowest BCUT2D eigenvalue weighted by Gasteiger charge is -2.04. The van der Waals surface area contributed by atoms with Gasteiger partial charge in [0, 0.05) is 27.8 Å². The summed E-state index contributed by atoms with van der Waals surface area (Å²) in [5.74, 6) is -0.0601. The summed E-state index contributed by atoms with van der Waals surface area (Å²) < 4.78 is 6.41. The third kappa shape index (κ3) is 3.07.